The lowest BCUT2D eigenvalue weighted by atomic mass is 9.78. The zero-order chi connectivity index (χ0) is 19.6. The summed E-state index contributed by atoms with van der Waals surface area (Å²) in [5, 5.41) is 6.45. The van der Waals surface area contributed by atoms with Crippen LogP contribution in [0.1, 0.15) is 55.8 Å². The number of likely N-dealkylation sites (tertiary alicyclic amines) is 2. The molecule has 3 aliphatic rings. The van der Waals surface area contributed by atoms with Crippen molar-refractivity contribution in [3.05, 3.63) is 29.8 Å². The molecule has 3 amide bonds. The molecular weight excluding hydrogens is 352 g/mol. The average Bonchev–Trinajstić information content (AvgIpc) is 3.17. The minimum atomic E-state index is -0.0375. The van der Waals surface area contributed by atoms with Gasteiger partial charge in [-0.3, -0.25) is 4.79 Å². The van der Waals surface area contributed by atoms with Gasteiger partial charge < -0.3 is 20.4 Å². The molecule has 1 unspecified atom stereocenters. The van der Waals surface area contributed by atoms with Gasteiger partial charge in [-0.05, 0) is 81.7 Å². The lowest BCUT2D eigenvalue weighted by molar-refractivity contribution is 0.0635. The van der Waals surface area contributed by atoms with Gasteiger partial charge in [-0.1, -0.05) is 0 Å². The second kappa shape index (κ2) is 8.11. The number of benzene rings is 1. The Balaban J connectivity index is 1.31. The number of amides is 3. The zero-order valence-corrected chi connectivity index (χ0v) is 16.9. The number of urea groups is 1. The van der Waals surface area contributed by atoms with Gasteiger partial charge in [0.05, 0.1) is 0 Å². The molecule has 4 rings (SSSR count). The van der Waals surface area contributed by atoms with Gasteiger partial charge in [0.15, 0.2) is 0 Å². The van der Waals surface area contributed by atoms with E-state index in [0.29, 0.717) is 17.0 Å². The highest BCUT2D eigenvalue weighted by atomic mass is 16.2. The summed E-state index contributed by atoms with van der Waals surface area (Å²) in [5.41, 5.74) is 1.85. The topological polar surface area (TPSA) is 64.7 Å². The lowest BCUT2D eigenvalue weighted by Crippen LogP contribution is -2.45. The molecule has 2 N–H and O–H groups in total. The summed E-state index contributed by atoms with van der Waals surface area (Å²) >= 11 is 0. The molecule has 0 saturated carbocycles. The molecule has 1 aromatic rings. The number of carbonyl (C=O) groups is 2. The highest BCUT2D eigenvalue weighted by Crippen LogP contribution is 2.37. The van der Waals surface area contributed by atoms with Crippen LogP contribution >= 0.6 is 0 Å². The SMILES string of the molecule is CC1CCCCN1C(=O)c1ccc(NC(=O)N2CCC3(CCNC3)CC2)cc1. The number of hydrogen-bond acceptors (Lipinski definition) is 3. The van der Waals surface area contributed by atoms with Crippen molar-refractivity contribution in [1.82, 2.24) is 15.1 Å². The van der Waals surface area contributed by atoms with Crippen LogP contribution in [0.15, 0.2) is 24.3 Å². The molecule has 1 atom stereocenters. The lowest BCUT2D eigenvalue weighted by Gasteiger charge is -2.38. The second-order valence-corrected chi connectivity index (χ2v) is 8.76. The van der Waals surface area contributed by atoms with Crippen LogP contribution in [0.25, 0.3) is 0 Å². The molecule has 3 saturated heterocycles. The summed E-state index contributed by atoms with van der Waals surface area (Å²) in [6.45, 7) is 6.79. The van der Waals surface area contributed by atoms with Gasteiger partial charge in [0, 0.05) is 43.5 Å². The molecule has 3 aliphatic heterocycles. The third-order valence-electron chi connectivity index (χ3n) is 6.89. The minimum Gasteiger partial charge on any atom is -0.336 e. The molecule has 3 heterocycles. The maximum absolute atomic E-state index is 12.7. The van der Waals surface area contributed by atoms with E-state index in [2.05, 4.69) is 17.6 Å². The monoisotopic (exact) mass is 384 g/mol. The van der Waals surface area contributed by atoms with Crippen molar-refractivity contribution in [2.24, 2.45) is 5.41 Å². The molecule has 0 bridgehead atoms. The van der Waals surface area contributed by atoms with Crippen LogP contribution in [0.5, 0.6) is 0 Å². The van der Waals surface area contributed by atoms with Gasteiger partial charge >= 0.3 is 6.03 Å². The molecule has 0 radical (unpaired) electrons. The van der Waals surface area contributed by atoms with Crippen LogP contribution < -0.4 is 10.6 Å². The van der Waals surface area contributed by atoms with Crippen LogP contribution in [0.4, 0.5) is 10.5 Å². The Labute approximate surface area is 167 Å². The van der Waals surface area contributed by atoms with Gasteiger partial charge in [0.25, 0.3) is 5.91 Å². The van der Waals surface area contributed by atoms with Crippen LogP contribution in [0, 0.1) is 5.41 Å². The largest absolute Gasteiger partial charge is 0.336 e. The first kappa shape index (κ1) is 19.2. The van der Waals surface area contributed by atoms with Crippen LogP contribution in [-0.4, -0.2) is 60.5 Å². The predicted molar refractivity (Wildman–Crippen MR) is 111 cm³/mol. The Morgan fingerprint density at radius 3 is 2.46 bits per heavy atom. The van der Waals surface area contributed by atoms with E-state index in [0.717, 1.165) is 64.1 Å². The first-order valence-electron chi connectivity index (χ1n) is 10.7. The van der Waals surface area contributed by atoms with Crippen LogP contribution in [0.3, 0.4) is 0 Å². The smallest absolute Gasteiger partial charge is 0.321 e. The van der Waals surface area contributed by atoms with E-state index < -0.39 is 0 Å². The molecule has 1 aromatic carbocycles. The number of nitrogens with zero attached hydrogens (tertiary/aromatic N) is 2. The van der Waals surface area contributed by atoms with Gasteiger partial charge in [-0.25, -0.2) is 4.79 Å². The molecule has 1 spiro atoms. The Bertz CT molecular complexity index is 702. The highest BCUT2D eigenvalue weighted by Gasteiger charge is 2.38. The Hall–Kier alpha value is -2.08. The van der Waals surface area contributed by atoms with Gasteiger partial charge in [-0.15, -0.1) is 0 Å². The summed E-state index contributed by atoms with van der Waals surface area (Å²) < 4.78 is 0. The summed E-state index contributed by atoms with van der Waals surface area (Å²) in [6, 6.07) is 7.60. The number of hydrogen-bond donors (Lipinski definition) is 2. The van der Waals surface area contributed by atoms with E-state index in [1.54, 1.807) is 0 Å². The van der Waals surface area contributed by atoms with Gasteiger partial charge in [-0.2, -0.15) is 0 Å². The molecule has 28 heavy (non-hydrogen) atoms. The maximum Gasteiger partial charge on any atom is 0.321 e. The Morgan fingerprint density at radius 2 is 1.82 bits per heavy atom. The number of nitrogens with one attached hydrogen (secondary N) is 2. The van der Waals surface area contributed by atoms with E-state index in [-0.39, 0.29) is 11.9 Å². The molecule has 6 nitrogen and oxygen atoms in total. The van der Waals surface area contributed by atoms with Crippen LogP contribution in [-0.2, 0) is 0 Å². The fourth-order valence-corrected chi connectivity index (χ4v) is 4.87. The molecular formula is C22H32N4O2. The highest BCUT2D eigenvalue weighted by molar-refractivity contribution is 5.95. The number of rotatable bonds is 2. The molecule has 6 heteroatoms. The minimum absolute atomic E-state index is 0.0375. The number of anilines is 1. The normalized spacial score (nSPS) is 24.4. The number of carbonyl (C=O) groups excluding carboxylic acids is 2. The summed E-state index contributed by atoms with van der Waals surface area (Å²) in [4.78, 5) is 29.2. The summed E-state index contributed by atoms with van der Waals surface area (Å²) in [6.07, 6.45) is 6.74. The zero-order valence-electron chi connectivity index (χ0n) is 16.9. The second-order valence-electron chi connectivity index (χ2n) is 8.76. The van der Waals surface area contributed by atoms with Crippen molar-refractivity contribution in [3.8, 4) is 0 Å². The van der Waals surface area contributed by atoms with Gasteiger partial charge in [0.2, 0.25) is 0 Å². The van der Waals surface area contributed by atoms with Gasteiger partial charge in [0.1, 0.15) is 0 Å². The van der Waals surface area contributed by atoms with E-state index >= 15 is 0 Å². The van der Waals surface area contributed by atoms with Crippen molar-refractivity contribution < 1.29 is 9.59 Å². The third kappa shape index (κ3) is 4.02. The average molecular weight is 385 g/mol. The first-order chi connectivity index (χ1) is 13.6. The fourth-order valence-electron chi connectivity index (χ4n) is 4.87. The molecule has 0 aromatic heterocycles. The van der Waals surface area contributed by atoms with Crippen molar-refractivity contribution in [2.45, 2.75) is 51.5 Å². The summed E-state index contributed by atoms with van der Waals surface area (Å²) in [5.74, 6) is 0.0941. The van der Waals surface area contributed by atoms with E-state index in [4.69, 9.17) is 0 Å². The Kier molecular flexibility index (Phi) is 5.58. The van der Waals surface area contributed by atoms with Crippen LogP contribution in [0.2, 0.25) is 0 Å². The molecule has 152 valence electrons. The third-order valence-corrected chi connectivity index (χ3v) is 6.89. The van der Waals surface area contributed by atoms with E-state index in [1.165, 1.54) is 12.8 Å². The maximum atomic E-state index is 12.7. The standard InChI is InChI=1S/C22H32N4O2/c1-17-4-2-3-13-26(17)20(27)18-5-7-19(8-6-18)24-21(28)25-14-10-22(11-15-25)9-12-23-16-22/h5-8,17,23H,2-4,9-16H2,1H3,(H,24,28). The van der Waals surface area contributed by atoms with Crippen molar-refractivity contribution in [1.29, 1.82) is 0 Å². The quantitative estimate of drug-likeness (QED) is 0.822. The predicted octanol–water partition coefficient (Wildman–Crippen LogP) is 3.31. The van der Waals surface area contributed by atoms with Crippen molar-refractivity contribution in [3.63, 3.8) is 0 Å². The van der Waals surface area contributed by atoms with E-state index in [1.807, 2.05) is 34.1 Å². The molecule has 3 fully saturated rings. The molecule has 0 aliphatic carbocycles. The Morgan fingerprint density at radius 1 is 1.07 bits per heavy atom. The van der Waals surface area contributed by atoms with Crippen molar-refractivity contribution in [2.75, 3.05) is 38.0 Å². The fraction of sp³-hybridized carbons (Fsp3) is 0.636. The van der Waals surface area contributed by atoms with Crippen molar-refractivity contribution >= 4 is 17.6 Å². The first-order valence-corrected chi connectivity index (χ1v) is 10.7. The van der Waals surface area contributed by atoms with E-state index in [9.17, 15) is 9.59 Å². The number of piperidine rings is 2. The summed E-state index contributed by atoms with van der Waals surface area (Å²) in [7, 11) is 0.